The molecule has 8 heteroatoms. The average Bonchev–Trinajstić information content (AvgIpc) is 2.43. The van der Waals surface area contributed by atoms with Crippen LogP contribution >= 0.6 is 11.6 Å². The van der Waals surface area contributed by atoms with E-state index in [2.05, 4.69) is 10.2 Å². The summed E-state index contributed by atoms with van der Waals surface area (Å²) in [6.45, 7) is 1.82. The Morgan fingerprint density at radius 2 is 2.10 bits per heavy atom. The number of anilines is 1. The Morgan fingerprint density at radius 1 is 1.48 bits per heavy atom. The molecule has 114 valence electrons. The number of piperidine rings is 1. The third-order valence-electron chi connectivity index (χ3n) is 3.62. The summed E-state index contributed by atoms with van der Waals surface area (Å²) in [5.41, 5.74) is 5.22. The number of carbonyl (C=O) groups is 1. The van der Waals surface area contributed by atoms with Crippen LogP contribution in [0.4, 0.5) is 11.4 Å². The molecule has 7 nitrogen and oxygen atoms in total. The number of nitro groups is 1. The molecule has 0 bridgehead atoms. The lowest BCUT2D eigenvalue weighted by Gasteiger charge is -2.29. The van der Waals surface area contributed by atoms with Gasteiger partial charge in [0.1, 0.15) is 5.69 Å². The number of likely N-dealkylation sites (tertiary alicyclic amines) is 1. The quantitative estimate of drug-likeness (QED) is 0.502. The van der Waals surface area contributed by atoms with Crippen molar-refractivity contribution in [2.24, 2.45) is 0 Å². The van der Waals surface area contributed by atoms with E-state index in [0.717, 1.165) is 32.0 Å². The van der Waals surface area contributed by atoms with Crippen LogP contribution in [0.15, 0.2) is 12.1 Å². The van der Waals surface area contributed by atoms with Gasteiger partial charge in [-0.25, -0.2) is 0 Å². The van der Waals surface area contributed by atoms with Crippen molar-refractivity contribution in [3.63, 3.8) is 0 Å². The SMILES string of the molecule is CN1CCC(NC(=O)c2cc(Cl)c(N)c([N+](=O)[O-])c2)CC1. The van der Waals surface area contributed by atoms with Gasteiger partial charge in [-0.3, -0.25) is 14.9 Å². The lowest BCUT2D eigenvalue weighted by Crippen LogP contribution is -2.43. The van der Waals surface area contributed by atoms with Gasteiger partial charge in [-0.2, -0.15) is 0 Å². The molecule has 1 aromatic carbocycles. The molecule has 1 fully saturated rings. The van der Waals surface area contributed by atoms with Crippen LogP contribution in [0.2, 0.25) is 5.02 Å². The number of nitrogens with one attached hydrogen (secondary N) is 1. The van der Waals surface area contributed by atoms with Gasteiger partial charge in [0.25, 0.3) is 11.6 Å². The fourth-order valence-electron chi connectivity index (χ4n) is 2.31. The first kappa shape index (κ1) is 15.5. The van der Waals surface area contributed by atoms with Crippen LogP contribution in [0, 0.1) is 10.1 Å². The number of halogens is 1. The number of hydrogen-bond acceptors (Lipinski definition) is 5. The molecule has 0 saturated carbocycles. The first-order valence-corrected chi connectivity index (χ1v) is 6.99. The maximum atomic E-state index is 12.2. The lowest BCUT2D eigenvalue weighted by atomic mass is 10.0. The van der Waals surface area contributed by atoms with Gasteiger partial charge in [-0.05, 0) is 39.0 Å². The van der Waals surface area contributed by atoms with E-state index in [1.807, 2.05) is 7.05 Å². The molecular weight excluding hydrogens is 296 g/mol. The van der Waals surface area contributed by atoms with E-state index >= 15 is 0 Å². The number of hydrogen-bond donors (Lipinski definition) is 2. The number of nitrogen functional groups attached to an aromatic ring is 1. The normalized spacial score (nSPS) is 16.7. The van der Waals surface area contributed by atoms with E-state index in [1.54, 1.807) is 0 Å². The second kappa shape index (κ2) is 6.28. The summed E-state index contributed by atoms with van der Waals surface area (Å²) in [4.78, 5) is 24.6. The number of carbonyl (C=O) groups excluding carboxylic acids is 1. The van der Waals surface area contributed by atoms with E-state index in [4.69, 9.17) is 17.3 Å². The largest absolute Gasteiger partial charge is 0.392 e. The topological polar surface area (TPSA) is 102 Å². The zero-order valence-corrected chi connectivity index (χ0v) is 12.4. The predicted molar refractivity (Wildman–Crippen MR) is 80.5 cm³/mol. The van der Waals surface area contributed by atoms with Crippen molar-refractivity contribution in [1.29, 1.82) is 0 Å². The third kappa shape index (κ3) is 3.62. The van der Waals surface area contributed by atoms with Gasteiger partial charge in [0.2, 0.25) is 0 Å². The van der Waals surface area contributed by atoms with Crippen molar-refractivity contribution in [2.45, 2.75) is 18.9 Å². The molecule has 1 saturated heterocycles. The van der Waals surface area contributed by atoms with E-state index in [9.17, 15) is 14.9 Å². The number of nitrogens with zero attached hydrogens (tertiary/aromatic N) is 2. The standard InChI is InChI=1S/C13H17ClN4O3/c1-17-4-2-9(3-5-17)16-13(19)8-6-10(14)12(15)11(7-8)18(20)21/h6-7,9H,2-5,15H2,1H3,(H,16,19). The molecule has 1 amide bonds. The highest BCUT2D eigenvalue weighted by atomic mass is 35.5. The van der Waals surface area contributed by atoms with Gasteiger partial charge in [-0.15, -0.1) is 0 Å². The number of nitro benzene ring substituents is 1. The van der Waals surface area contributed by atoms with Crippen molar-refractivity contribution < 1.29 is 9.72 Å². The highest BCUT2D eigenvalue weighted by molar-refractivity contribution is 6.34. The molecule has 3 N–H and O–H groups in total. The molecule has 0 unspecified atom stereocenters. The summed E-state index contributed by atoms with van der Waals surface area (Å²) in [5.74, 6) is -0.366. The molecule has 1 heterocycles. The minimum Gasteiger partial charge on any atom is -0.392 e. The van der Waals surface area contributed by atoms with Crippen molar-refractivity contribution in [3.05, 3.63) is 32.8 Å². The molecular formula is C13H17ClN4O3. The minimum absolute atomic E-state index is 0.0118. The highest BCUT2D eigenvalue weighted by Gasteiger charge is 2.22. The molecule has 0 atom stereocenters. The summed E-state index contributed by atoms with van der Waals surface area (Å²) in [6.07, 6.45) is 1.71. The second-order valence-corrected chi connectivity index (χ2v) is 5.61. The summed E-state index contributed by atoms with van der Waals surface area (Å²) < 4.78 is 0. The van der Waals surface area contributed by atoms with E-state index in [-0.39, 0.29) is 33.9 Å². The molecule has 0 radical (unpaired) electrons. The van der Waals surface area contributed by atoms with Gasteiger partial charge in [0, 0.05) is 17.7 Å². The molecule has 1 aliphatic heterocycles. The van der Waals surface area contributed by atoms with Crippen molar-refractivity contribution in [2.75, 3.05) is 25.9 Å². The average molecular weight is 313 g/mol. The zero-order valence-electron chi connectivity index (χ0n) is 11.6. The maximum absolute atomic E-state index is 12.2. The number of rotatable bonds is 3. The summed E-state index contributed by atoms with van der Waals surface area (Å²) >= 11 is 5.85. The van der Waals surface area contributed by atoms with Crippen LogP contribution in [0.5, 0.6) is 0 Å². The van der Waals surface area contributed by atoms with Gasteiger partial charge in [0.05, 0.1) is 9.95 Å². The highest BCUT2D eigenvalue weighted by Crippen LogP contribution is 2.30. The molecule has 1 aliphatic rings. The van der Waals surface area contributed by atoms with Crippen LogP contribution in [-0.2, 0) is 0 Å². The van der Waals surface area contributed by atoms with Crippen molar-refractivity contribution >= 4 is 28.9 Å². The summed E-state index contributed by atoms with van der Waals surface area (Å²) in [6, 6.07) is 2.59. The molecule has 21 heavy (non-hydrogen) atoms. The van der Waals surface area contributed by atoms with Crippen LogP contribution < -0.4 is 11.1 Å². The van der Waals surface area contributed by atoms with Crippen LogP contribution in [-0.4, -0.2) is 41.9 Å². The van der Waals surface area contributed by atoms with Gasteiger partial charge in [0.15, 0.2) is 0 Å². The fraction of sp³-hybridized carbons (Fsp3) is 0.462. The summed E-state index contributed by atoms with van der Waals surface area (Å²) in [7, 11) is 2.03. The maximum Gasteiger partial charge on any atom is 0.294 e. The van der Waals surface area contributed by atoms with Crippen molar-refractivity contribution in [3.8, 4) is 0 Å². The predicted octanol–water partition coefficient (Wildman–Crippen LogP) is 1.65. The Bertz CT molecular complexity index is 571. The number of benzene rings is 1. The Morgan fingerprint density at radius 3 is 2.67 bits per heavy atom. The zero-order chi connectivity index (χ0) is 15.6. The van der Waals surface area contributed by atoms with E-state index in [1.165, 1.54) is 6.07 Å². The third-order valence-corrected chi connectivity index (χ3v) is 3.93. The molecule has 0 aromatic heterocycles. The first-order chi connectivity index (χ1) is 9.88. The molecule has 1 aromatic rings. The van der Waals surface area contributed by atoms with Gasteiger partial charge in [-0.1, -0.05) is 11.6 Å². The van der Waals surface area contributed by atoms with E-state index < -0.39 is 4.92 Å². The van der Waals surface area contributed by atoms with Crippen LogP contribution in [0.25, 0.3) is 0 Å². The number of nitrogens with two attached hydrogens (primary N) is 1. The Kier molecular flexibility index (Phi) is 4.64. The fourth-order valence-corrected chi connectivity index (χ4v) is 2.52. The second-order valence-electron chi connectivity index (χ2n) is 5.20. The lowest BCUT2D eigenvalue weighted by molar-refractivity contribution is -0.383. The Labute approximate surface area is 127 Å². The van der Waals surface area contributed by atoms with Gasteiger partial charge < -0.3 is 16.0 Å². The molecule has 2 rings (SSSR count). The smallest absolute Gasteiger partial charge is 0.294 e. The Hall–Kier alpha value is -1.86. The monoisotopic (exact) mass is 312 g/mol. The first-order valence-electron chi connectivity index (χ1n) is 6.61. The molecule has 0 aliphatic carbocycles. The minimum atomic E-state index is -0.645. The van der Waals surface area contributed by atoms with Crippen molar-refractivity contribution in [1.82, 2.24) is 10.2 Å². The van der Waals surface area contributed by atoms with E-state index in [0.29, 0.717) is 0 Å². The summed E-state index contributed by atoms with van der Waals surface area (Å²) in [5, 5.41) is 13.8. The molecule has 0 spiro atoms. The van der Waals surface area contributed by atoms with Crippen LogP contribution in [0.1, 0.15) is 23.2 Å². The van der Waals surface area contributed by atoms with Gasteiger partial charge >= 0.3 is 0 Å². The van der Waals surface area contributed by atoms with Crippen LogP contribution in [0.3, 0.4) is 0 Å². The number of amides is 1. The Balaban J connectivity index is 2.14.